The molecule has 6 rings (SSSR count). The fourth-order valence-corrected chi connectivity index (χ4v) is 6.99. The van der Waals surface area contributed by atoms with Crippen molar-refractivity contribution >= 4 is 12.1 Å². The van der Waals surface area contributed by atoms with Gasteiger partial charge < -0.3 is 9.53 Å². The van der Waals surface area contributed by atoms with Gasteiger partial charge >= 0.3 is 0 Å². The molecule has 8 heteroatoms. The fraction of sp³-hybridized carbons (Fsp3) is 0.457. The third-order valence-electron chi connectivity index (χ3n) is 9.74. The molecule has 43 heavy (non-hydrogen) atoms. The van der Waals surface area contributed by atoms with Crippen molar-refractivity contribution in [3.63, 3.8) is 0 Å². The van der Waals surface area contributed by atoms with Crippen LogP contribution in [-0.2, 0) is 22.4 Å². The van der Waals surface area contributed by atoms with Gasteiger partial charge in [-0.2, -0.15) is 15.3 Å². The minimum atomic E-state index is -0.317. The molecular formula is C35H39N5O3. The van der Waals surface area contributed by atoms with Crippen LogP contribution in [0.1, 0.15) is 93.6 Å². The van der Waals surface area contributed by atoms with Crippen LogP contribution in [0.4, 0.5) is 0 Å². The highest BCUT2D eigenvalue weighted by atomic mass is 16.5. The number of carbonyl (C=O) groups excluding carboxylic acids is 1. The van der Waals surface area contributed by atoms with Gasteiger partial charge in [-0.05, 0) is 74.6 Å². The Hall–Kier alpha value is -4.09. The molecule has 0 radical (unpaired) electrons. The molecule has 2 fully saturated rings. The Morgan fingerprint density at radius 1 is 1.12 bits per heavy atom. The fourth-order valence-electron chi connectivity index (χ4n) is 6.99. The molecule has 2 saturated carbocycles. The molecule has 2 aromatic heterocycles. The topological polar surface area (TPSA) is 102 Å². The highest BCUT2D eigenvalue weighted by Crippen LogP contribution is 2.44. The van der Waals surface area contributed by atoms with Crippen molar-refractivity contribution in [2.75, 3.05) is 0 Å². The van der Waals surface area contributed by atoms with Gasteiger partial charge in [0.2, 0.25) is 5.78 Å². The Labute approximate surface area is 252 Å². The van der Waals surface area contributed by atoms with Gasteiger partial charge in [-0.25, -0.2) is 4.52 Å². The first-order valence-corrected chi connectivity index (χ1v) is 15.6. The van der Waals surface area contributed by atoms with Gasteiger partial charge in [0.05, 0.1) is 34.9 Å². The number of fused-ring (bicyclic) bond motifs is 1. The van der Waals surface area contributed by atoms with Crippen LogP contribution in [0, 0.1) is 16.7 Å². The average Bonchev–Trinajstić information content (AvgIpc) is 3.49. The summed E-state index contributed by atoms with van der Waals surface area (Å²) in [6, 6.07) is 18.0. The summed E-state index contributed by atoms with van der Waals surface area (Å²) in [6.45, 7) is 4.15. The maximum absolute atomic E-state index is 14.3. The van der Waals surface area contributed by atoms with Gasteiger partial charge in [0.25, 0.3) is 5.56 Å². The molecule has 2 heterocycles. The van der Waals surface area contributed by atoms with Gasteiger partial charge in [-0.15, -0.1) is 0 Å². The number of aromatic nitrogens is 4. The van der Waals surface area contributed by atoms with E-state index in [2.05, 4.69) is 23.1 Å². The number of ether oxygens (including phenoxy) is 1. The molecule has 0 N–H and O–H groups in total. The highest BCUT2D eigenvalue weighted by Gasteiger charge is 2.43. The van der Waals surface area contributed by atoms with Crippen molar-refractivity contribution < 1.29 is 9.53 Å². The number of benzene rings is 2. The van der Waals surface area contributed by atoms with Crippen molar-refractivity contribution in [2.24, 2.45) is 5.41 Å². The second-order valence-electron chi connectivity index (χ2n) is 12.3. The summed E-state index contributed by atoms with van der Waals surface area (Å²) in [5.41, 5.74) is 4.92. The molecule has 0 spiro atoms. The van der Waals surface area contributed by atoms with Crippen LogP contribution in [0.15, 0.2) is 59.7 Å². The molecule has 4 aromatic rings. The zero-order valence-electron chi connectivity index (χ0n) is 25.0. The van der Waals surface area contributed by atoms with E-state index in [4.69, 9.17) is 4.74 Å². The molecule has 1 unspecified atom stereocenters. The standard InChI is InChI=1S/C35H39N5O3/c1-3-7-32-31(20-25-10-12-26(13-11-25)30-9-5-4-8-27(30)21-36)33(42)39(34-37-23-38-40(32)34)28-14-16-29(17-15-28)43-24(2)35(22-41)18-6-19-35/h4-5,8-13,22-24,28-29H,3,6-7,14-20H2,1-2H3. The summed E-state index contributed by atoms with van der Waals surface area (Å²) >= 11 is 0. The predicted molar refractivity (Wildman–Crippen MR) is 165 cm³/mol. The number of rotatable bonds is 10. The maximum atomic E-state index is 14.3. The number of hydrogen-bond donors (Lipinski definition) is 0. The quantitative estimate of drug-likeness (QED) is 0.207. The van der Waals surface area contributed by atoms with Gasteiger partial charge in [0.15, 0.2) is 0 Å². The van der Waals surface area contributed by atoms with E-state index in [1.54, 1.807) is 6.33 Å². The number of nitriles is 1. The first-order chi connectivity index (χ1) is 21.0. The Morgan fingerprint density at radius 3 is 2.51 bits per heavy atom. The van der Waals surface area contributed by atoms with Crippen LogP contribution in [0.5, 0.6) is 0 Å². The number of aldehydes is 1. The zero-order chi connectivity index (χ0) is 30.0. The van der Waals surface area contributed by atoms with E-state index >= 15 is 0 Å². The van der Waals surface area contributed by atoms with E-state index in [0.717, 1.165) is 92.0 Å². The van der Waals surface area contributed by atoms with E-state index in [0.29, 0.717) is 17.8 Å². The summed E-state index contributed by atoms with van der Waals surface area (Å²) in [4.78, 5) is 30.6. The molecule has 2 aliphatic rings. The van der Waals surface area contributed by atoms with Crippen molar-refractivity contribution in [1.82, 2.24) is 19.2 Å². The first kappa shape index (κ1) is 29.0. The lowest BCUT2D eigenvalue weighted by Gasteiger charge is -2.43. The summed E-state index contributed by atoms with van der Waals surface area (Å²) < 4.78 is 10.2. The summed E-state index contributed by atoms with van der Waals surface area (Å²) in [5.74, 6) is 0.604. The van der Waals surface area contributed by atoms with E-state index in [1.165, 1.54) is 0 Å². The molecule has 0 amide bonds. The van der Waals surface area contributed by atoms with Crippen molar-refractivity contribution in [2.45, 2.75) is 96.3 Å². The molecule has 0 aliphatic heterocycles. The molecule has 1 atom stereocenters. The van der Waals surface area contributed by atoms with Gasteiger partial charge in [0.1, 0.15) is 12.6 Å². The van der Waals surface area contributed by atoms with E-state index in [-0.39, 0.29) is 29.2 Å². The van der Waals surface area contributed by atoms with Crippen LogP contribution in [0.3, 0.4) is 0 Å². The van der Waals surface area contributed by atoms with Crippen LogP contribution < -0.4 is 5.56 Å². The predicted octanol–water partition coefficient (Wildman–Crippen LogP) is 6.23. The number of carbonyl (C=O) groups is 1. The van der Waals surface area contributed by atoms with Gasteiger partial charge in [-0.3, -0.25) is 9.36 Å². The van der Waals surface area contributed by atoms with E-state index in [9.17, 15) is 14.9 Å². The van der Waals surface area contributed by atoms with Gasteiger partial charge in [-0.1, -0.05) is 62.2 Å². The normalized spacial score (nSPS) is 20.3. The highest BCUT2D eigenvalue weighted by molar-refractivity contribution is 5.70. The van der Waals surface area contributed by atoms with Crippen LogP contribution in [0.2, 0.25) is 0 Å². The molecule has 222 valence electrons. The van der Waals surface area contributed by atoms with Crippen LogP contribution >= 0.6 is 0 Å². The Bertz CT molecular complexity index is 1700. The third-order valence-corrected chi connectivity index (χ3v) is 9.74. The van der Waals surface area contributed by atoms with Gasteiger partial charge in [0, 0.05) is 18.0 Å². The van der Waals surface area contributed by atoms with E-state index in [1.807, 2.05) is 64.5 Å². The number of aryl methyl sites for hydroxylation is 1. The van der Waals surface area contributed by atoms with Crippen LogP contribution in [0.25, 0.3) is 16.9 Å². The minimum absolute atomic E-state index is 0.00923. The van der Waals surface area contributed by atoms with Crippen molar-refractivity contribution in [1.29, 1.82) is 5.26 Å². The lowest BCUT2D eigenvalue weighted by Crippen LogP contribution is -2.45. The summed E-state index contributed by atoms with van der Waals surface area (Å²) in [5, 5.41) is 14.1. The van der Waals surface area contributed by atoms with Crippen molar-refractivity contribution in [3.8, 4) is 17.2 Å². The Kier molecular flexibility index (Phi) is 8.27. The SMILES string of the molecule is CCCc1c(Cc2ccc(-c3ccccc3C#N)cc2)c(=O)n(C2CCC(OC(C)C3(C=O)CCC3)CC2)c2ncnn12. The Morgan fingerprint density at radius 2 is 1.86 bits per heavy atom. The molecule has 8 nitrogen and oxygen atoms in total. The number of nitrogens with zero attached hydrogens (tertiary/aromatic N) is 5. The Balaban J connectivity index is 1.27. The molecule has 2 aromatic carbocycles. The zero-order valence-corrected chi connectivity index (χ0v) is 25.0. The second kappa shape index (κ2) is 12.3. The average molecular weight is 578 g/mol. The van der Waals surface area contributed by atoms with Crippen molar-refractivity contribution in [3.05, 3.63) is 87.6 Å². The first-order valence-electron chi connectivity index (χ1n) is 15.6. The van der Waals surface area contributed by atoms with Crippen LogP contribution in [-0.4, -0.2) is 37.7 Å². The molecule has 0 saturated heterocycles. The summed E-state index contributed by atoms with van der Waals surface area (Å²) in [7, 11) is 0. The maximum Gasteiger partial charge on any atom is 0.259 e. The summed E-state index contributed by atoms with van der Waals surface area (Å²) in [6.07, 6.45) is 11.0. The lowest BCUT2D eigenvalue weighted by atomic mass is 9.66. The second-order valence-corrected chi connectivity index (χ2v) is 12.3. The largest absolute Gasteiger partial charge is 0.374 e. The lowest BCUT2D eigenvalue weighted by molar-refractivity contribution is -0.143. The number of hydrogen-bond acceptors (Lipinski definition) is 6. The molecule has 0 bridgehead atoms. The monoisotopic (exact) mass is 577 g/mol. The minimum Gasteiger partial charge on any atom is -0.374 e. The molecule has 2 aliphatic carbocycles. The third kappa shape index (κ3) is 5.43. The smallest absolute Gasteiger partial charge is 0.259 e. The molecular weight excluding hydrogens is 538 g/mol. The van der Waals surface area contributed by atoms with E-state index < -0.39 is 0 Å².